The lowest BCUT2D eigenvalue weighted by Crippen LogP contribution is -2.29. The summed E-state index contributed by atoms with van der Waals surface area (Å²) in [7, 11) is 0. The minimum absolute atomic E-state index is 0.0403. The molecule has 0 aromatic heterocycles. The van der Waals surface area contributed by atoms with Gasteiger partial charge in [-0.2, -0.15) is 0 Å². The van der Waals surface area contributed by atoms with E-state index < -0.39 is 6.09 Å². The number of benzene rings is 2. The van der Waals surface area contributed by atoms with Crippen LogP contribution in [0.5, 0.6) is 0 Å². The fourth-order valence-electron chi connectivity index (χ4n) is 5.50. The zero-order chi connectivity index (χ0) is 32.5. The van der Waals surface area contributed by atoms with Crippen LogP contribution < -0.4 is 5.32 Å². The van der Waals surface area contributed by atoms with Crippen molar-refractivity contribution in [3.63, 3.8) is 0 Å². The van der Waals surface area contributed by atoms with Gasteiger partial charge in [0.05, 0.1) is 52.9 Å². The highest BCUT2D eigenvalue weighted by Crippen LogP contribution is 2.44. The molecule has 2 aromatic rings. The van der Waals surface area contributed by atoms with Crippen LogP contribution in [0.25, 0.3) is 11.1 Å². The quantitative estimate of drug-likeness (QED) is 0.0818. The predicted molar refractivity (Wildman–Crippen MR) is 179 cm³/mol. The Morgan fingerprint density at radius 1 is 0.587 bits per heavy atom. The van der Waals surface area contributed by atoms with Crippen LogP contribution in [0.1, 0.15) is 88.2 Å². The van der Waals surface area contributed by atoms with Crippen LogP contribution in [0.4, 0.5) is 4.79 Å². The Balaban J connectivity index is 1.03. The predicted octanol–water partition coefficient (Wildman–Crippen LogP) is 7.06. The number of fused-ring (bicyclic) bond motifs is 3. The van der Waals surface area contributed by atoms with Crippen LogP contribution in [0, 0.1) is 0 Å². The number of carbonyl (C=O) groups excluding carboxylic acids is 2. The minimum Gasteiger partial charge on any atom is -0.463 e. The van der Waals surface area contributed by atoms with E-state index >= 15 is 0 Å². The number of hydrogen-bond donors (Lipinski definition) is 1. The van der Waals surface area contributed by atoms with Crippen molar-refractivity contribution in [1.29, 1.82) is 0 Å². The number of hydrogen-bond acceptors (Lipinski definition) is 8. The Labute approximate surface area is 275 Å². The van der Waals surface area contributed by atoms with Crippen molar-refractivity contribution in [2.75, 3.05) is 72.6 Å². The standard InChI is InChI=1S/C37H55NO8/c1-2-3-4-5-6-7-8-9-10-19-36(39)45-29-28-44-27-26-43-25-24-42-23-22-41-21-20-38-37(40)46-30-35-33-17-13-11-15-31(33)32-16-12-14-18-34(32)35/h11-18,35H,2-10,19-30H2,1H3,(H,38,40). The van der Waals surface area contributed by atoms with Gasteiger partial charge in [-0.1, -0.05) is 107 Å². The van der Waals surface area contributed by atoms with Crippen molar-refractivity contribution >= 4 is 12.1 Å². The molecule has 0 bridgehead atoms. The van der Waals surface area contributed by atoms with Crippen molar-refractivity contribution in [3.8, 4) is 11.1 Å². The molecule has 9 heteroatoms. The molecule has 0 radical (unpaired) electrons. The Morgan fingerprint density at radius 3 is 1.63 bits per heavy atom. The molecule has 0 fully saturated rings. The van der Waals surface area contributed by atoms with Gasteiger partial charge in [-0.3, -0.25) is 4.79 Å². The van der Waals surface area contributed by atoms with Gasteiger partial charge in [0.25, 0.3) is 0 Å². The summed E-state index contributed by atoms with van der Waals surface area (Å²) in [5.41, 5.74) is 4.78. The molecule has 1 N–H and O–H groups in total. The summed E-state index contributed by atoms with van der Waals surface area (Å²) in [6, 6.07) is 16.5. The highest BCUT2D eigenvalue weighted by molar-refractivity contribution is 5.79. The first kappa shape index (κ1) is 37.5. The number of esters is 1. The molecule has 0 unspecified atom stereocenters. The molecule has 46 heavy (non-hydrogen) atoms. The minimum atomic E-state index is -0.451. The molecule has 0 spiro atoms. The maximum absolute atomic E-state index is 12.2. The van der Waals surface area contributed by atoms with Crippen molar-refractivity contribution in [2.24, 2.45) is 0 Å². The van der Waals surface area contributed by atoms with E-state index in [9.17, 15) is 9.59 Å². The first-order valence-electron chi connectivity index (χ1n) is 17.3. The number of nitrogens with one attached hydrogen (secondary N) is 1. The lowest BCUT2D eigenvalue weighted by Gasteiger charge is -2.14. The van der Waals surface area contributed by atoms with Crippen LogP contribution in [0.3, 0.4) is 0 Å². The van der Waals surface area contributed by atoms with Crippen molar-refractivity contribution in [2.45, 2.75) is 77.0 Å². The second-order valence-corrected chi connectivity index (χ2v) is 11.5. The molecular formula is C37H55NO8. The third-order valence-corrected chi connectivity index (χ3v) is 7.95. The molecule has 3 rings (SSSR count). The van der Waals surface area contributed by atoms with Gasteiger partial charge in [-0.25, -0.2) is 4.79 Å². The van der Waals surface area contributed by atoms with Crippen LogP contribution in [0.15, 0.2) is 48.5 Å². The fourth-order valence-corrected chi connectivity index (χ4v) is 5.50. The van der Waals surface area contributed by atoms with Crippen molar-refractivity contribution < 1.29 is 38.0 Å². The number of ether oxygens (including phenoxy) is 6. The van der Waals surface area contributed by atoms with Gasteiger partial charge in [0.1, 0.15) is 13.2 Å². The zero-order valence-corrected chi connectivity index (χ0v) is 27.8. The summed E-state index contributed by atoms with van der Waals surface area (Å²) >= 11 is 0. The molecule has 1 aliphatic carbocycles. The maximum Gasteiger partial charge on any atom is 0.407 e. The van der Waals surface area contributed by atoms with Gasteiger partial charge < -0.3 is 33.7 Å². The van der Waals surface area contributed by atoms with Crippen molar-refractivity contribution in [3.05, 3.63) is 59.7 Å². The number of carbonyl (C=O) groups is 2. The maximum atomic E-state index is 12.2. The SMILES string of the molecule is CCCCCCCCCCCC(=O)OCCOCCOCCOCCOCCNC(=O)OCC1c2ccccc2-c2ccccc21. The Hall–Kier alpha value is -2.98. The van der Waals surface area contributed by atoms with E-state index in [0.29, 0.717) is 65.8 Å². The Kier molecular flexibility index (Phi) is 19.7. The molecule has 0 atom stereocenters. The Bertz CT molecular complexity index is 1060. The van der Waals surface area contributed by atoms with Crippen molar-refractivity contribution in [1.82, 2.24) is 5.32 Å². The molecule has 0 saturated carbocycles. The van der Waals surface area contributed by atoms with Crippen LogP contribution in [-0.2, 0) is 33.2 Å². The first-order valence-corrected chi connectivity index (χ1v) is 17.3. The average molecular weight is 642 g/mol. The molecule has 2 aromatic carbocycles. The number of rotatable bonds is 27. The lowest BCUT2D eigenvalue weighted by atomic mass is 9.98. The largest absolute Gasteiger partial charge is 0.463 e. The highest BCUT2D eigenvalue weighted by atomic mass is 16.6. The van der Waals surface area contributed by atoms with E-state index in [0.717, 1.165) is 12.8 Å². The van der Waals surface area contributed by atoms with E-state index in [4.69, 9.17) is 28.4 Å². The molecule has 256 valence electrons. The summed E-state index contributed by atoms with van der Waals surface area (Å²) in [6.07, 6.45) is 11.1. The van der Waals surface area contributed by atoms with E-state index in [2.05, 4.69) is 36.5 Å². The number of alkyl carbamates (subject to hydrolysis) is 1. The van der Waals surface area contributed by atoms with Crippen LogP contribution in [0.2, 0.25) is 0 Å². The Morgan fingerprint density at radius 2 is 1.07 bits per heavy atom. The first-order chi connectivity index (χ1) is 22.7. The van der Waals surface area contributed by atoms with Gasteiger partial charge in [0, 0.05) is 18.9 Å². The van der Waals surface area contributed by atoms with Gasteiger partial charge in [0.15, 0.2) is 0 Å². The summed E-state index contributed by atoms with van der Waals surface area (Å²) in [5.74, 6) is -0.102. The molecule has 1 amide bonds. The lowest BCUT2D eigenvalue weighted by molar-refractivity contribution is -0.145. The van der Waals surface area contributed by atoms with E-state index in [1.54, 1.807) is 0 Å². The fraction of sp³-hybridized carbons (Fsp3) is 0.622. The summed E-state index contributed by atoms with van der Waals surface area (Å²) in [5, 5.41) is 2.74. The monoisotopic (exact) mass is 641 g/mol. The molecular weight excluding hydrogens is 586 g/mol. The molecule has 1 aliphatic rings. The smallest absolute Gasteiger partial charge is 0.407 e. The number of unbranched alkanes of at least 4 members (excludes halogenated alkanes) is 8. The van der Waals surface area contributed by atoms with Crippen LogP contribution >= 0.6 is 0 Å². The molecule has 0 aliphatic heterocycles. The summed E-state index contributed by atoms with van der Waals surface area (Å²) in [6.45, 7) is 6.58. The van der Waals surface area contributed by atoms with Crippen LogP contribution in [-0.4, -0.2) is 84.7 Å². The van der Waals surface area contributed by atoms with Gasteiger partial charge >= 0.3 is 12.1 Å². The third kappa shape index (κ3) is 15.1. The third-order valence-electron chi connectivity index (χ3n) is 7.95. The second kappa shape index (κ2) is 24.2. The van der Waals surface area contributed by atoms with Gasteiger partial charge in [0.2, 0.25) is 0 Å². The molecule has 0 heterocycles. The topological polar surface area (TPSA) is 102 Å². The van der Waals surface area contributed by atoms with E-state index in [1.807, 2.05) is 24.3 Å². The summed E-state index contributed by atoms with van der Waals surface area (Å²) < 4.78 is 32.7. The van der Waals surface area contributed by atoms with E-state index in [-0.39, 0.29) is 25.1 Å². The van der Waals surface area contributed by atoms with Gasteiger partial charge in [-0.05, 0) is 28.7 Å². The second-order valence-electron chi connectivity index (χ2n) is 11.5. The van der Waals surface area contributed by atoms with Gasteiger partial charge in [-0.15, -0.1) is 0 Å². The average Bonchev–Trinajstić information content (AvgIpc) is 3.39. The van der Waals surface area contributed by atoms with E-state index in [1.165, 1.54) is 67.2 Å². The highest BCUT2D eigenvalue weighted by Gasteiger charge is 2.28. The normalized spacial score (nSPS) is 12.1. The summed E-state index contributed by atoms with van der Waals surface area (Å²) in [4.78, 5) is 24.0. The molecule has 0 saturated heterocycles. The zero-order valence-electron chi connectivity index (χ0n) is 27.8. The number of amides is 1. The molecule has 9 nitrogen and oxygen atoms in total.